The van der Waals surface area contributed by atoms with Crippen molar-refractivity contribution in [2.24, 2.45) is 5.73 Å². The van der Waals surface area contributed by atoms with Gasteiger partial charge < -0.3 is 25.4 Å². The van der Waals surface area contributed by atoms with E-state index in [0.717, 1.165) is 6.04 Å². The van der Waals surface area contributed by atoms with Gasteiger partial charge >= 0.3 is 12.2 Å². The van der Waals surface area contributed by atoms with Gasteiger partial charge in [-0.3, -0.25) is 0 Å². The number of carbonyl (C=O) groups is 2. The molecule has 24 heavy (non-hydrogen) atoms. The van der Waals surface area contributed by atoms with Gasteiger partial charge in [-0.15, -0.1) is 0 Å². The minimum atomic E-state index is -1.24. The summed E-state index contributed by atoms with van der Waals surface area (Å²) in [7, 11) is -1.24. The summed E-state index contributed by atoms with van der Waals surface area (Å²) < 4.78 is 10.6. The Morgan fingerprint density at radius 3 is 2.46 bits per heavy atom. The molecule has 0 spiro atoms. The van der Waals surface area contributed by atoms with Crippen LogP contribution in [0.15, 0.2) is 0 Å². The zero-order chi connectivity index (χ0) is 18.5. The fraction of sp³-hybridized carbons (Fsp3) is 0.875. The molecule has 1 aliphatic heterocycles. The monoisotopic (exact) mass is 359 g/mol. The van der Waals surface area contributed by atoms with Gasteiger partial charge in [-0.25, -0.2) is 9.59 Å². The van der Waals surface area contributed by atoms with Crippen LogP contribution in [-0.4, -0.2) is 62.5 Å². The number of piperidine rings is 1. The molecule has 0 saturated carbocycles. The van der Waals surface area contributed by atoms with Gasteiger partial charge in [0.05, 0.1) is 12.6 Å². The Balaban J connectivity index is 2.48. The zero-order valence-electron chi connectivity index (χ0n) is 15.8. The SMILES string of the molecule is CC(C)(C)OC(=O)N1CC[C@H](N)[C@H](NC(=O)OCC[Si](C)(C)C)C1. The molecule has 0 unspecified atom stereocenters. The van der Waals surface area contributed by atoms with Gasteiger partial charge in [0, 0.05) is 27.2 Å². The molecule has 140 valence electrons. The van der Waals surface area contributed by atoms with Crippen LogP contribution in [0.3, 0.4) is 0 Å². The van der Waals surface area contributed by atoms with E-state index in [9.17, 15) is 9.59 Å². The Kier molecular flexibility index (Phi) is 7.09. The van der Waals surface area contributed by atoms with Gasteiger partial charge in [-0.1, -0.05) is 19.6 Å². The summed E-state index contributed by atoms with van der Waals surface area (Å²) >= 11 is 0. The second kappa shape index (κ2) is 8.20. The van der Waals surface area contributed by atoms with Crippen molar-refractivity contribution >= 4 is 20.3 Å². The normalized spacial score (nSPS) is 22.0. The third-order valence-corrected chi connectivity index (χ3v) is 5.41. The average Bonchev–Trinajstić information content (AvgIpc) is 2.37. The van der Waals surface area contributed by atoms with Crippen LogP contribution >= 0.6 is 0 Å². The molecule has 2 amide bonds. The largest absolute Gasteiger partial charge is 0.450 e. The minimum Gasteiger partial charge on any atom is -0.450 e. The first-order valence-corrected chi connectivity index (χ1v) is 12.2. The van der Waals surface area contributed by atoms with E-state index in [1.54, 1.807) is 4.90 Å². The van der Waals surface area contributed by atoms with Crippen molar-refractivity contribution in [3.05, 3.63) is 0 Å². The molecule has 0 aromatic heterocycles. The van der Waals surface area contributed by atoms with Crippen molar-refractivity contribution in [1.29, 1.82) is 0 Å². The van der Waals surface area contributed by atoms with Gasteiger partial charge in [-0.05, 0) is 33.2 Å². The molecule has 0 aromatic rings. The van der Waals surface area contributed by atoms with Crippen LogP contribution in [0.2, 0.25) is 25.7 Å². The smallest absolute Gasteiger partial charge is 0.410 e. The molecule has 2 atom stereocenters. The lowest BCUT2D eigenvalue weighted by atomic mass is 10.0. The van der Waals surface area contributed by atoms with Crippen LogP contribution in [0, 0.1) is 0 Å². The molecule has 0 radical (unpaired) electrons. The Morgan fingerprint density at radius 2 is 1.92 bits per heavy atom. The van der Waals surface area contributed by atoms with Crippen LogP contribution in [0.25, 0.3) is 0 Å². The minimum absolute atomic E-state index is 0.201. The summed E-state index contributed by atoms with van der Waals surface area (Å²) in [4.78, 5) is 25.7. The third kappa shape index (κ3) is 8.01. The quantitative estimate of drug-likeness (QED) is 0.752. The van der Waals surface area contributed by atoms with E-state index in [-0.39, 0.29) is 18.2 Å². The summed E-state index contributed by atoms with van der Waals surface area (Å²) in [5.41, 5.74) is 5.53. The van der Waals surface area contributed by atoms with Crippen LogP contribution in [0.1, 0.15) is 27.2 Å². The van der Waals surface area contributed by atoms with Gasteiger partial charge in [0.15, 0.2) is 0 Å². The second-order valence-electron chi connectivity index (χ2n) is 8.58. The second-order valence-corrected chi connectivity index (χ2v) is 14.2. The molecule has 7 nitrogen and oxygen atoms in total. The summed E-state index contributed by atoms with van der Waals surface area (Å²) in [5, 5.41) is 2.78. The van der Waals surface area contributed by atoms with Gasteiger partial charge in [0.1, 0.15) is 5.60 Å². The fourth-order valence-electron chi connectivity index (χ4n) is 2.26. The van der Waals surface area contributed by atoms with E-state index < -0.39 is 19.8 Å². The molecule has 1 saturated heterocycles. The molecule has 0 bridgehead atoms. The fourth-order valence-corrected chi connectivity index (χ4v) is 2.97. The number of ether oxygens (including phenoxy) is 2. The van der Waals surface area contributed by atoms with Gasteiger partial charge in [0.25, 0.3) is 0 Å². The number of nitrogens with one attached hydrogen (secondary N) is 1. The Bertz CT molecular complexity index is 446. The average molecular weight is 360 g/mol. The highest BCUT2D eigenvalue weighted by atomic mass is 28.3. The lowest BCUT2D eigenvalue weighted by Crippen LogP contribution is -2.59. The first kappa shape index (κ1) is 20.8. The van der Waals surface area contributed by atoms with E-state index in [4.69, 9.17) is 15.2 Å². The molecule has 0 aromatic carbocycles. The number of nitrogens with two attached hydrogens (primary N) is 1. The molecule has 3 N–H and O–H groups in total. The molecule has 1 aliphatic rings. The van der Waals surface area contributed by atoms with Crippen molar-refractivity contribution in [3.63, 3.8) is 0 Å². The van der Waals surface area contributed by atoms with Crippen molar-refractivity contribution in [1.82, 2.24) is 10.2 Å². The number of carbonyl (C=O) groups excluding carboxylic acids is 2. The third-order valence-electron chi connectivity index (χ3n) is 3.71. The predicted molar refractivity (Wildman–Crippen MR) is 96.8 cm³/mol. The first-order valence-electron chi connectivity index (χ1n) is 8.54. The summed E-state index contributed by atoms with van der Waals surface area (Å²) in [6, 6.07) is 0.389. The number of rotatable bonds is 4. The van der Waals surface area contributed by atoms with E-state index in [0.29, 0.717) is 26.1 Å². The van der Waals surface area contributed by atoms with E-state index in [2.05, 4.69) is 25.0 Å². The maximum absolute atomic E-state index is 12.2. The van der Waals surface area contributed by atoms with E-state index in [1.165, 1.54) is 0 Å². The van der Waals surface area contributed by atoms with Crippen molar-refractivity contribution in [2.45, 2.75) is 70.6 Å². The first-order chi connectivity index (χ1) is 10.9. The number of likely N-dealkylation sites (tertiary alicyclic amines) is 1. The summed E-state index contributed by atoms with van der Waals surface area (Å²) in [6.07, 6.45) is -0.243. The number of hydrogen-bond donors (Lipinski definition) is 2. The van der Waals surface area contributed by atoms with E-state index in [1.807, 2.05) is 20.8 Å². The zero-order valence-corrected chi connectivity index (χ0v) is 16.8. The molecule has 1 rings (SSSR count). The van der Waals surface area contributed by atoms with E-state index >= 15 is 0 Å². The van der Waals surface area contributed by atoms with Crippen LogP contribution < -0.4 is 11.1 Å². The maximum Gasteiger partial charge on any atom is 0.410 e. The number of amides is 2. The van der Waals surface area contributed by atoms with Crippen molar-refractivity contribution < 1.29 is 19.1 Å². The number of alkyl carbamates (subject to hydrolysis) is 1. The Hall–Kier alpha value is -1.28. The Labute approximate surface area is 146 Å². The van der Waals surface area contributed by atoms with Crippen LogP contribution in [0.4, 0.5) is 9.59 Å². The molecule has 1 heterocycles. The number of nitrogens with zero attached hydrogens (tertiary/aromatic N) is 1. The van der Waals surface area contributed by atoms with Gasteiger partial charge in [-0.2, -0.15) is 0 Å². The lowest BCUT2D eigenvalue weighted by molar-refractivity contribution is 0.0171. The number of hydrogen-bond acceptors (Lipinski definition) is 5. The van der Waals surface area contributed by atoms with Crippen LogP contribution in [0.5, 0.6) is 0 Å². The summed E-state index contributed by atoms with van der Waals surface area (Å²) in [5.74, 6) is 0. The molecule has 8 heteroatoms. The lowest BCUT2D eigenvalue weighted by Gasteiger charge is -2.37. The molecular weight excluding hydrogens is 326 g/mol. The van der Waals surface area contributed by atoms with Crippen LogP contribution in [-0.2, 0) is 9.47 Å². The van der Waals surface area contributed by atoms with Crippen molar-refractivity contribution in [3.8, 4) is 0 Å². The predicted octanol–water partition coefficient (Wildman–Crippen LogP) is 2.39. The topological polar surface area (TPSA) is 93.9 Å². The standard InChI is InChI=1S/C16H33N3O4Si/c1-16(2,3)23-15(21)19-8-7-12(17)13(11-19)18-14(20)22-9-10-24(4,5)6/h12-13H,7-11,17H2,1-6H3,(H,18,20)/t12-,13+/m0/s1. The molecule has 0 aliphatic carbocycles. The van der Waals surface area contributed by atoms with Gasteiger partial charge in [0.2, 0.25) is 0 Å². The highest BCUT2D eigenvalue weighted by molar-refractivity contribution is 6.76. The molecular formula is C16H33N3O4Si. The summed E-state index contributed by atoms with van der Waals surface area (Å²) in [6.45, 7) is 13.4. The highest BCUT2D eigenvalue weighted by Crippen LogP contribution is 2.15. The van der Waals surface area contributed by atoms with Crippen molar-refractivity contribution in [2.75, 3.05) is 19.7 Å². The Morgan fingerprint density at radius 1 is 1.29 bits per heavy atom. The maximum atomic E-state index is 12.2. The molecule has 1 fully saturated rings. The highest BCUT2D eigenvalue weighted by Gasteiger charge is 2.33.